The van der Waals surface area contributed by atoms with Crippen molar-refractivity contribution in [1.29, 1.82) is 0 Å². The van der Waals surface area contributed by atoms with Gasteiger partial charge in [-0.3, -0.25) is 9.59 Å². The van der Waals surface area contributed by atoms with Crippen LogP contribution in [-0.4, -0.2) is 36.1 Å². The molecule has 2 unspecified atom stereocenters. The van der Waals surface area contributed by atoms with Crippen LogP contribution in [0.1, 0.15) is 24.2 Å². The molecule has 1 aromatic rings. The molecular formula is C14H18F2N2O3. The molecule has 0 radical (unpaired) electrons. The summed E-state index contributed by atoms with van der Waals surface area (Å²) in [5.41, 5.74) is -0.197. The van der Waals surface area contributed by atoms with Gasteiger partial charge in [0.2, 0.25) is 5.91 Å². The zero-order valence-corrected chi connectivity index (χ0v) is 11.8. The lowest BCUT2D eigenvalue weighted by Gasteiger charge is -2.19. The van der Waals surface area contributed by atoms with Crippen LogP contribution >= 0.6 is 0 Å². The minimum atomic E-state index is -0.866. The van der Waals surface area contributed by atoms with Gasteiger partial charge in [-0.25, -0.2) is 8.78 Å². The van der Waals surface area contributed by atoms with Crippen LogP contribution in [0.2, 0.25) is 0 Å². The SMILES string of the molecule is CC(CO)C(C)NC(=O)CNC(=O)c1cc(F)cc(F)c1. The number of carbonyl (C=O) groups excluding carboxylic acids is 2. The van der Waals surface area contributed by atoms with Crippen molar-refractivity contribution < 1.29 is 23.5 Å². The summed E-state index contributed by atoms with van der Waals surface area (Å²) in [5, 5.41) is 13.8. The van der Waals surface area contributed by atoms with Crippen molar-refractivity contribution in [2.24, 2.45) is 5.92 Å². The van der Waals surface area contributed by atoms with E-state index >= 15 is 0 Å². The van der Waals surface area contributed by atoms with E-state index in [-0.39, 0.29) is 30.7 Å². The van der Waals surface area contributed by atoms with Crippen molar-refractivity contribution in [2.45, 2.75) is 19.9 Å². The summed E-state index contributed by atoms with van der Waals surface area (Å²) in [4.78, 5) is 23.3. The number of nitrogens with one attached hydrogen (secondary N) is 2. The van der Waals surface area contributed by atoms with E-state index in [4.69, 9.17) is 5.11 Å². The van der Waals surface area contributed by atoms with E-state index in [2.05, 4.69) is 10.6 Å². The Morgan fingerprint density at radius 3 is 2.29 bits per heavy atom. The fourth-order valence-electron chi connectivity index (χ4n) is 1.55. The highest BCUT2D eigenvalue weighted by atomic mass is 19.1. The van der Waals surface area contributed by atoms with Crippen molar-refractivity contribution in [2.75, 3.05) is 13.2 Å². The van der Waals surface area contributed by atoms with Crippen LogP contribution in [-0.2, 0) is 4.79 Å². The number of rotatable bonds is 6. The Hall–Kier alpha value is -2.02. The Kier molecular flexibility index (Phi) is 6.23. The van der Waals surface area contributed by atoms with Gasteiger partial charge >= 0.3 is 0 Å². The van der Waals surface area contributed by atoms with Crippen molar-refractivity contribution in [1.82, 2.24) is 10.6 Å². The number of halogens is 2. The van der Waals surface area contributed by atoms with Gasteiger partial charge in [-0.2, -0.15) is 0 Å². The highest BCUT2D eigenvalue weighted by Gasteiger charge is 2.15. The van der Waals surface area contributed by atoms with E-state index < -0.39 is 23.4 Å². The minimum Gasteiger partial charge on any atom is -0.396 e. The molecule has 7 heteroatoms. The number of aliphatic hydroxyl groups excluding tert-OH is 1. The van der Waals surface area contributed by atoms with Crippen LogP contribution < -0.4 is 10.6 Å². The Balaban J connectivity index is 2.51. The normalized spacial score (nSPS) is 13.4. The second kappa shape index (κ2) is 7.68. The largest absolute Gasteiger partial charge is 0.396 e. The molecule has 0 aliphatic carbocycles. The van der Waals surface area contributed by atoms with E-state index in [0.29, 0.717) is 6.07 Å². The molecule has 1 aromatic carbocycles. The predicted octanol–water partition coefficient (Wildman–Crippen LogP) is 0.828. The fraction of sp³-hybridized carbons (Fsp3) is 0.429. The molecule has 2 atom stereocenters. The number of hydrogen-bond donors (Lipinski definition) is 3. The number of amides is 2. The molecule has 0 fully saturated rings. The lowest BCUT2D eigenvalue weighted by molar-refractivity contribution is -0.121. The molecule has 0 aliphatic heterocycles. The summed E-state index contributed by atoms with van der Waals surface area (Å²) >= 11 is 0. The summed E-state index contributed by atoms with van der Waals surface area (Å²) in [5.74, 6) is -3.05. The Labute approximate surface area is 121 Å². The second-order valence-electron chi connectivity index (χ2n) is 4.86. The smallest absolute Gasteiger partial charge is 0.251 e. The van der Waals surface area contributed by atoms with Crippen LogP contribution in [0.15, 0.2) is 18.2 Å². The summed E-state index contributed by atoms with van der Waals surface area (Å²) < 4.78 is 25.9. The number of hydrogen-bond acceptors (Lipinski definition) is 3. The zero-order chi connectivity index (χ0) is 16.0. The third kappa shape index (κ3) is 5.47. The van der Waals surface area contributed by atoms with Gasteiger partial charge in [-0.05, 0) is 25.0 Å². The molecular weight excluding hydrogens is 282 g/mol. The molecule has 21 heavy (non-hydrogen) atoms. The van der Waals surface area contributed by atoms with E-state index in [0.717, 1.165) is 12.1 Å². The maximum absolute atomic E-state index is 13.0. The topological polar surface area (TPSA) is 78.4 Å². The standard InChI is InChI=1S/C14H18F2N2O3/c1-8(7-19)9(2)18-13(20)6-17-14(21)10-3-11(15)5-12(16)4-10/h3-5,8-9,19H,6-7H2,1-2H3,(H,17,21)(H,18,20). The van der Waals surface area contributed by atoms with Crippen molar-refractivity contribution in [3.8, 4) is 0 Å². The van der Waals surface area contributed by atoms with Gasteiger partial charge < -0.3 is 15.7 Å². The Morgan fingerprint density at radius 2 is 1.76 bits per heavy atom. The van der Waals surface area contributed by atoms with Crippen molar-refractivity contribution in [3.63, 3.8) is 0 Å². The fourth-order valence-corrected chi connectivity index (χ4v) is 1.55. The molecule has 0 saturated carbocycles. The summed E-state index contributed by atoms with van der Waals surface area (Å²) in [7, 11) is 0. The maximum Gasteiger partial charge on any atom is 0.251 e. The van der Waals surface area contributed by atoms with E-state index in [9.17, 15) is 18.4 Å². The van der Waals surface area contributed by atoms with Crippen LogP contribution in [0.25, 0.3) is 0 Å². The summed E-state index contributed by atoms with van der Waals surface area (Å²) in [6, 6.07) is 2.16. The molecule has 0 bridgehead atoms. The van der Waals surface area contributed by atoms with E-state index in [1.807, 2.05) is 0 Å². The molecule has 0 spiro atoms. The average Bonchev–Trinajstić information content (AvgIpc) is 2.42. The number of carbonyl (C=O) groups is 2. The van der Waals surface area contributed by atoms with Crippen LogP contribution in [0.4, 0.5) is 8.78 Å². The highest BCUT2D eigenvalue weighted by molar-refractivity contribution is 5.96. The van der Waals surface area contributed by atoms with Crippen LogP contribution in [0.3, 0.4) is 0 Å². The first-order valence-corrected chi connectivity index (χ1v) is 6.48. The lowest BCUT2D eigenvalue weighted by Crippen LogP contribution is -2.43. The molecule has 0 aromatic heterocycles. The maximum atomic E-state index is 13.0. The van der Waals surface area contributed by atoms with E-state index in [1.165, 1.54) is 0 Å². The Morgan fingerprint density at radius 1 is 1.19 bits per heavy atom. The van der Waals surface area contributed by atoms with Gasteiger partial charge in [-0.15, -0.1) is 0 Å². The van der Waals surface area contributed by atoms with Gasteiger partial charge in [0, 0.05) is 24.3 Å². The quantitative estimate of drug-likeness (QED) is 0.728. The summed E-state index contributed by atoms with van der Waals surface area (Å²) in [6.07, 6.45) is 0. The molecule has 116 valence electrons. The number of benzene rings is 1. The van der Waals surface area contributed by atoms with Crippen LogP contribution in [0.5, 0.6) is 0 Å². The average molecular weight is 300 g/mol. The first-order chi connectivity index (χ1) is 9.83. The first kappa shape index (κ1) is 17.0. The Bertz CT molecular complexity index is 503. The second-order valence-corrected chi connectivity index (χ2v) is 4.86. The molecule has 5 nitrogen and oxygen atoms in total. The molecule has 2 amide bonds. The summed E-state index contributed by atoms with van der Waals surface area (Å²) in [6.45, 7) is 3.09. The molecule has 1 rings (SSSR count). The molecule has 3 N–H and O–H groups in total. The third-order valence-electron chi connectivity index (χ3n) is 3.06. The molecule has 0 aliphatic rings. The van der Waals surface area contributed by atoms with Crippen LogP contribution in [0, 0.1) is 17.6 Å². The van der Waals surface area contributed by atoms with Crippen molar-refractivity contribution in [3.05, 3.63) is 35.4 Å². The lowest BCUT2D eigenvalue weighted by atomic mass is 10.1. The third-order valence-corrected chi connectivity index (χ3v) is 3.06. The van der Waals surface area contributed by atoms with Gasteiger partial charge in [-0.1, -0.05) is 6.92 Å². The minimum absolute atomic E-state index is 0.0730. The predicted molar refractivity (Wildman–Crippen MR) is 72.5 cm³/mol. The number of aliphatic hydroxyl groups is 1. The molecule has 0 saturated heterocycles. The van der Waals surface area contributed by atoms with Gasteiger partial charge in [0.15, 0.2) is 0 Å². The highest BCUT2D eigenvalue weighted by Crippen LogP contribution is 2.07. The monoisotopic (exact) mass is 300 g/mol. The van der Waals surface area contributed by atoms with Gasteiger partial charge in [0.05, 0.1) is 6.54 Å². The first-order valence-electron chi connectivity index (χ1n) is 6.48. The molecule has 0 heterocycles. The van der Waals surface area contributed by atoms with Crippen molar-refractivity contribution >= 4 is 11.8 Å². The van der Waals surface area contributed by atoms with Gasteiger partial charge in [0.1, 0.15) is 11.6 Å². The zero-order valence-electron chi connectivity index (χ0n) is 11.8. The van der Waals surface area contributed by atoms with Gasteiger partial charge in [0.25, 0.3) is 5.91 Å². The van der Waals surface area contributed by atoms with E-state index in [1.54, 1.807) is 13.8 Å².